The molecule has 0 radical (unpaired) electrons. The van der Waals surface area contributed by atoms with Crippen molar-refractivity contribution in [2.24, 2.45) is 23.2 Å². The smallest absolute Gasteiger partial charge is 0.169 e. The van der Waals surface area contributed by atoms with Gasteiger partial charge in [0.1, 0.15) is 5.75 Å². The van der Waals surface area contributed by atoms with Crippen molar-refractivity contribution in [1.82, 2.24) is 0 Å². The van der Waals surface area contributed by atoms with Crippen LogP contribution in [0.1, 0.15) is 56.6 Å². The molecule has 1 heterocycles. The van der Waals surface area contributed by atoms with Gasteiger partial charge in [0.2, 0.25) is 0 Å². The molecule has 3 aliphatic carbocycles. The predicted octanol–water partition coefficient (Wildman–Crippen LogP) is 3.60. The van der Waals surface area contributed by atoms with E-state index in [0.717, 1.165) is 25.7 Å². The third-order valence-corrected chi connectivity index (χ3v) is 8.18. The first-order valence-electron chi connectivity index (χ1n) is 10.2. The molecule has 0 bridgehead atoms. The summed E-state index contributed by atoms with van der Waals surface area (Å²) in [6, 6.07) is 5.72. The number of rotatable bonds is 1. The molecule has 142 valence electrons. The van der Waals surface area contributed by atoms with Gasteiger partial charge in [0.15, 0.2) is 5.79 Å². The van der Waals surface area contributed by atoms with Gasteiger partial charge in [-0.05, 0) is 79.5 Å². The Morgan fingerprint density at radius 2 is 1.85 bits per heavy atom. The van der Waals surface area contributed by atoms with Crippen molar-refractivity contribution in [1.29, 1.82) is 0 Å². The van der Waals surface area contributed by atoms with Gasteiger partial charge in [0, 0.05) is 11.8 Å². The number of phenols is 1. The van der Waals surface area contributed by atoms with E-state index >= 15 is 0 Å². The Bertz CT molecular complexity index is 710. The van der Waals surface area contributed by atoms with Crippen LogP contribution in [0.5, 0.6) is 5.75 Å². The Morgan fingerprint density at radius 3 is 2.62 bits per heavy atom. The molecule has 4 nitrogen and oxygen atoms in total. The summed E-state index contributed by atoms with van der Waals surface area (Å²) < 4.78 is 12.1. The number of benzene rings is 1. The number of aliphatic hydroxyl groups is 1. The number of aromatic hydroxyl groups is 1. The highest BCUT2D eigenvalue weighted by atomic mass is 16.7. The van der Waals surface area contributed by atoms with Crippen molar-refractivity contribution in [2.45, 2.75) is 63.8 Å². The number of hydrogen-bond acceptors (Lipinski definition) is 4. The summed E-state index contributed by atoms with van der Waals surface area (Å²) in [5.74, 6) is 1.51. The van der Waals surface area contributed by atoms with Gasteiger partial charge in [-0.2, -0.15) is 0 Å². The molecule has 1 aromatic rings. The lowest BCUT2D eigenvalue weighted by Gasteiger charge is -2.54. The monoisotopic (exact) mass is 358 g/mol. The molecule has 6 atom stereocenters. The van der Waals surface area contributed by atoms with Crippen molar-refractivity contribution in [3.05, 3.63) is 29.3 Å². The zero-order valence-corrected chi connectivity index (χ0v) is 15.8. The van der Waals surface area contributed by atoms with E-state index in [2.05, 4.69) is 13.8 Å². The third kappa shape index (κ3) is 2.25. The van der Waals surface area contributed by atoms with E-state index in [4.69, 9.17) is 9.47 Å². The van der Waals surface area contributed by atoms with Crippen LogP contribution in [0.3, 0.4) is 0 Å². The Kier molecular flexibility index (Phi) is 3.73. The first-order valence-corrected chi connectivity index (χ1v) is 10.2. The fourth-order valence-electron chi connectivity index (χ4n) is 7.24. The van der Waals surface area contributed by atoms with Crippen LogP contribution in [0.4, 0.5) is 0 Å². The third-order valence-electron chi connectivity index (χ3n) is 8.18. The molecular formula is C22H30O4. The van der Waals surface area contributed by atoms with Crippen LogP contribution in [0.15, 0.2) is 18.2 Å². The minimum atomic E-state index is -0.492. The molecule has 5 rings (SSSR count). The Morgan fingerprint density at radius 1 is 1.08 bits per heavy atom. The zero-order chi connectivity index (χ0) is 18.1. The predicted molar refractivity (Wildman–Crippen MR) is 97.9 cm³/mol. The van der Waals surface area contributed by atoms with Crippen LogP contribution in [0.25, 0.3) is 0 Å². The fraction of sp³-hybridized carbons (Fsp3) is 0.727. The number of aryl methyl sites for hydroxylation is 1. The molecule has 1 aliphatic heterocycles. The quantitative estimate of drug-likeness (QED) is 0.805. The SMILES string of the molecule is CC1(C2CCC3C4CCc5cc(O)ccc5C4[C@H](O)C[C@@]32C)OCCO1. The highest BCUT2D eigenvalue weighted by molar-refractivity contribution is 5.41. The summed E-state index contributed by atoms with van der Waals surface area (Å²) in [7, 11) is 0. The van der Waals surface area contributed by atoms with Crippen LogP contribution in [-0.2, 0) is 15.9 Å². The highest BCUT2D eigenvalue weighted by Gasteiger charge is 2.62. The molecule has 1 aromatic carbocycles. The van der Waals surface area contributed by atoms with Gasteiger partial charge in [-0.1, -0.05) is 13.0 Å². The topological polar surface area (TPSA) is 58.9 Å². The summed E-state index contributed by atoms with van der Waals surface area (Å²) in [6.45, 7) is 5.84. The maximum absolute atomic E-state index is 11.2. The van der Waals surface area contributed by atoms with E-state index in [-0.39, 0.29) is 17.4 Å². The number of aliphatic hydroxyl groups excluding tert-OH is 1. The van der Waals surface area contributed by atoms with Gasteiger partial charge in [-0.15, -0.1) is 0 Å². The average Bonchev–Trinajstić information content (AvgIpc) is 3.18. The van der Waals surface area contributed by atoms with Crippen LogP contribution in [0.2, 0.25) is 0 Å². The molecule has 26 heavy (non-hydrogen) atoms. The Balaban J connectivity index is 1.51. The zero-order valence-electron chi connectivity index (χ0n) is 15.8. The Labute approximate surface area is 155 Å². The van der Waals surface area contributed by atoms with Crippen molar-refractivity contribution in [3.8, 4) is 5.75 Å². The second-order valence-electron chi connectivity index (χ2n) is 9.34. The van der Waals surface area contributed by atoms with Crippen molar-refractivity contribution >= 4 is 0 Å². The fourth-order valence-corrected chi connectivity index (χ4v) is 7.24. The van der Waals surface area contributed by atoms with E-state index in [1.807, 2.05) is 12.1 Å². The van der Waals surface area contributed by atoms with Crippen molar-refractivity contribution in [2.75, 3.05) is 13.2 Å². The van der Waals surface area contributed by atoms with Crippen LogP contribution in [0, 0.1) is 23.2 Å². The molecule has 0 spiro atoms. The van der Waals surface area contributed by atoms with Gasteiger partial charge in [0.05, 0.1) is 19.3 Å². The average molecular weight is 358 g/mol. The molecule has 4 aliphatic rings. The highest BCUT2D eigenvalue weighted by Crippen LogP contribution is 2.65. The first-order chi connectivity index (χ1) is 12.4. The molecule has 4 unspecified atom stereocenters. The standard InChI is InChI=1S/C22H30O4/c1-21-12-18(24)20-15-6-4-14(23)11-13(15)3-5-16(20)17(21)7-8-19(21)22(2)25-9-10-26-22/h4,6,11,16-20,23-24H,3,5,7-10,12H2,1-2H3/t16?,17?,18-,19?,20?,21+/m1/s1. The maximum atomic E-state index is 11.2. The van der Waals surface area contributed by atoms with Crippen molar-refractivity contribution < 1.29 is 19.7 Å². The largest absolute Gasteiger partial charge is 0.508 e. The second-order valence-corrected chi connectivity index (χ2v) is 9.34. The maximum Gasteiger partial charge on any atom is 0.169 e. The Hall–Kier alpha value is -1.10. The normalized spacial score (nSPS) is 43.6. The van der Waals surface area contributed by atoms with E-state index in [1.54, 1.807) is 6.07 Å². The second kappa shape index (κ2) is 5.70. The van der Waals surface area contributed by atoms with Gasteiger partial charge >= 0.3 is 0 Å². The number of phenolic OH excluding ortho intramolecular Hbond substituents is 1. The molecule has 2 saturated carbocycles. The lowest BCUT2D eigenvalue weighted by atomic mass is 9.52. The summed E-state index contributed by atoms with van der Waals surface area (Å²) in [4.78, 5) is 0. The molecule has 3 fully saturated rings. The lowest BCUT2D eigenvalue weighted by Crippen LogP contribution is -2.53. The van der Waals surface area contributed by atoms with Crippen molar-refractivity contribution in [3.63, 3.8) is 0 Å². The summed E-state index contributed by atoms with van der Waals surface area (Å²) in [6.07, 6.45) is 4.89. The van der Waals surface area contributed by atoms with E-state index in [0.29, 0.717) is 36.7 Å². The van der Waals surface area contributed by atoms with Gasteiger partial charge in [-0.3, -0.25) is 0 Å². The van der Waals surface area contributed by atoms with Crippen LogP contribution < -0.4 is 0 Å². The van der Waals surface area contributed by atoms with Gasteiger partial charge in [0.25, 0.3) is 0 Å². The summed E-state index contributed by atoms with van der Waals surface area (Å²) in [5.41, 5.74) is 2.54. The minimum absolute atomic E-state index is 0.0636. The van der Waals surface area contributed by atoms with Crippen LogP contribution >= 0.6 is 0 Å². The lowest BCUT2D eigenvalue weighted by molar-refractivity contribution is -0.216. The van der Waals surface area contributed by atoms with E-state index < -0.39 is 5.79 Å². The molecule has 4 heteroatoms. The summed E-state index contributed by atoms with van der Waals surface area (Å²) >= 11 is 0. The van der Waals surface area contributed by atoms with E-state index in [1.165, 1.54) is 17.5 Å². The number of fused-ring (bicyclic) bond motifs is 5. The van der Waals surface area contributed by atoms with Gasteiger partial charge in [-0.25, -0.2) is 0 Å². The molecule has 0 amide bonds. The molecule has 1 saturated heterocycles. The number of ether oxygens (including phenoxy) is 2. The number of hydrogen-bond donors (Lipinski definition) is 2. The molecular weight excluding hydrogens is 328 g/mol. The van der Waals surface area contributed by atoms with Gasteiger partial charge < -0.3 is 19.7 Å². The first kappa shape index (κ1) is 17.0. The molecule has 0 aromatic heterocycles. The van der Waals surface area contributed by atoms with Crippen LogP contribution in [-0.4, -0.2) is 35.3 Å². The minimum Gasteiger partial charge on any atom is -0.508 e. The molecule has 2 N–H and O–H groups in total. The van der Waals surface area contributed by atoms with E-state index in [9.17, 15) is 10.2 Å². The summed E-state index contributed by atoms with van der Waals surface area (Å²) in [5, 5.41) is 21.1.